The van der Waals surface area contributed by atoms with Crippen molar-refractivity contribution in [3.05, 3.63) is 0 Å². The second kappa shape index (κ2) is 5.25. The maximum atomic E-state index is 3.89. The lowest BCUT2D eigenvalue weighted by Crippen LogP contribution is -2.67. The van der Waals surface area contributed by atoms with Crippen LogP contribution in [0.1, 0.15) is 96.9 Å². The Morgan fingerprint density at radius 2 is 0.762 bits per heavy atom. The fraction of sp³-hybridized carbons (Fsp3) is 1.00. The van der Waals surface area contributed by atoms with Crippen molar-refractivity contribution in [2.45, 2.75) is 108 Å². The van der Waals surface area contributed by atoms with Gasteiger partial charge in [-0.05, 0) is 56.3 Å². The minimum atomic E-state index is 0.0283. The summed E-state index contributed by atoms with van der Waals surface area (Å²) in [6.45, 7) is 33.3. The van der Waals surface area contributed by atoms with E-state index in [1.165, 1.54) is 0 Å². The molecule has 0 heterocycles. The van der Waals surface area contributed by atoms with Gasteiger partial charge in [-0.25, -0.2) is 0 Å². The Labute approximate surface area is 135 Å². The molecule has 0 aromatic rings. The zero-order valence-corrected chi connectivity index (χ0v) is 17.5. The van der Waals surface area contributed by atoms with Gasteiger partial charge >= 0.3 is 0 Å². The summed E-state index contributed by atoms with van der Waals surface area (Å²) in [4.78, 5) is 0. The van der Waals surface area contributed by atoms with E-state index in [0.717, 1.165) is 0 Å². The van der Waals surface area contributed by atoms with Crippen molar-refractivity contribution in [1.29, 1.82) is 0 Å². The summed E-state index contributed by atoms with van der Waals surface area (Å²) in [5, 5.41) is 3.89. The average molecular weight is 298 g/mol. The molecule has 0 aliphatic heterocycles. The van der Waals surface area contributed by atoms with Crippen LogP contribution in [0.5, 0.6) is 0 Å². The molecule has 0 spiro atoms. The van der Waals surface area contributed by atoms with E-state index >= 15 is 0 Å². The minimum Gasteiger partial charge on any atom is -0.307 e. The summed E-state index contributed by atoms with van der Waals surface area (Å²) in [6, 6.07) is 0. The molecule has 0 rings (SSSR count). The molecule has 0 aliphatic rings. The summed E-state index contributed by atoms with van der Waals surface area (Å²) in [5.74, 6) is 0. The topological polar surface area (TPSA) is 12.0 Å². The van der Waals surface area contributed by atoms with Gasteiger partial charge in [0.2, 0.25) is 0 Å². The van der Waals surface area contributed by atoms with Crippen molar-refractivity contribution in [1.82, 2.24) is 5.32 Å². The zero-order valence-electron chi connectivity index (χ0n) is 17.5. The molecular weight excluding hydrogens is 254 g/mol. The van der Waals surface area contributed by atoms with Gasteiger partial charge in [-0.2, -0.15) is 0 Å². The fourth-order valence-corrected chi connectivity index (χ4v) is 4.72. The Morgan fingerprint density at radius 3 is 0.952 bits per heavy atom. The standard InChI is InChI=1S/C20H43N/c1-15(2,3)20(14,16(4,5)6)18(10,11)19(12,13)21-17(7,8)9/h21H,1-14H3. The second-order valence-electron chi connectivity index (χ2n) is 11.2. The zero-order chi connectivity index (χ0) is 17.7. The van der Waals surface area contributed by atoms with Crippen LogP contribution < -0.4 is 5.32 Å². The highest BCUT2D eigenvalue weighted by Crippen LogP contribution is 2.64. The van der Waals surface area contributed by atoms with Crippen molar-refractivity contribution in [2.75, 3.05) is 0 Å². The summed E-state index contributed by atoms with van der Waals surface area (Å²) in [7, 11) is 0. The first-order chi connectivity index (χ1) is 8.71. The molecule has 0 radical (unpaired) electrons. The minimum absolute atomic E-state index is 0.0283. The van der Waals surface area contributed by atoms with Crippen LogP contribution in [-0.2, 0) is 0 Å². The Kier molecular flexibility index (Phi) is 5.24. The van der Waals surface area contributed by atoms with E-state index in [9.17, 15) is 0 Å². The van der Waals surface area contributed by atoms with E-state index in [0.29, 0.717) is 0 Å². The third-order valence-corrected chi connectivity index (χ3v) is 6.50. The van der Waals surface area contributed by atoms with Crippen LogP contribution in [0.2, 0.25) is 0 Å². The second-order valence-corrected chi connectivity index (χ2v) is 11.2. The molecule has 0 aliphatic carbocycles. The lowest BCUT2D eigenvalue weighted by atomic mass is 9.41. The van der Waals surface area contributed by atoms with E-state index in [-0.39, 0.29) is 32.7 Å². The number of rotatable bonds is 3. The fourth-order valence-electron chi connectivity index (χ4n) is 4.72. The molecule has 0 bridgehead atoms. The third kappa shape index (κ3) is 3.66. The van der Waals surface area contributed by atoms with Gasteiger partial charge in [-0.15, -0.1) is 0 Å². The number of hydrogen-bond donors (Lipinski definition) is 1. The molecule has 1 N–H and O–H groups in total. The molecule has 21 heavy (non-hydrogen) atoms. The van der Waals surface area contributed by atoms with E-state index < -0.39 is 0 Å². The van der Waals surface area contributed by atoms with Gasteiger partial charge < -0.3 is 5.32 Å². The van der Waals surface area contributed by atoms with Crippen molar-refractivity contribution < 1.29 is 0 Å². The van der Waals surface area contributed by atoms with Gasteiger partial charge in [0.25, 0.3) is 0 Å². The molecule has 0 atom stereocenters. The Balaban J connectivity index is 6.15. The van der Waals surface area contributed by atoms with Gasteiger partial charge in [-0.3, -0.25) is 0 Å². The van der Waals surface area contributed by atoms with Crippen LogP contribution in [0.4, 0.5) is 0 Å². The Morgan fingerprint density at radius 1 is 0.476 bits per heavy atom. The Bertz CT molecular complexity index is 339. The van der Waals surface area contributed by atoms with Crippen LogP contribution in [0.25, 0.3) is 0 Å². The monoisotopic (exact) mass is 297 g/mol. The normalized spacial score (nSPS) is 16.3. The predicted octanol–water partition coefficient (Wildman–Crippen LogP) is 6.28. The Hall–Kier alpha value is -0.0400. The van der Waals surface area contributed by atoms with Crippen LogP contribution in [0, 0.1) is 21.7 Å². The highest BCUT2D eigenvalue weighted by Gasteiger charge is 2.60. The molecule has 1 nitrogen and oxygen atoms in total. The molecule has 0 aromatic carbocycles. The van der Waals surface area contributed by atoms with Crippen molar-refractivity contribution in [2.24, 2.45) is 21.7 Å². The molecule has 0 saturated heterocycles. The third-order valence-electron chi connectivity index (χ3n) is 6.50. The van der Waals surface area contributed by atoms with E-state index in [2.05, 4.69) is 102 Å². The molecule has 0 amide bonds. The van der Waals surface area contributed by atoms with Crippen LogP contribution in [0.3, 0.4) is 0 Å². The molecule has 0 saturated carbocycles. The molecule has 1 heteroatoms. The summed E-state index contributed by atoms with van der Waals surface area (Å²) < 4.78 is 0. The van der Waals surface area contributed by atoms with E-state index in [4.69, 9.17) is 0 Å². The lowest BCUT2D eigenvalue weighted by Gasteiger charge is -2.66. The van der Waals surface area contributed by atoms with E-state index in [1.54, 1.807) is 0 Å². The first kappa shape index (κ1) is 21.0. The highest BCUT2D eigenvalue weighted by atomic mass is 15.1. The first-order valence-electron chi connectivity index (χ1n) is 8.50. The van der Waals surface area contributed by atoms with Gasteiger partial charge in [0, 0.05) is 11.1 Å². The molecule has 0 aromatic heterocycles. The SMILES string of the molecule is CC(C)(C)NC(C)(C)C(C)(C)C(C)(C(C)(C)C)C(C)(C)C. The molecule has 128 valence electrons. The van der Waals surface area contributed by atoms with Gasteiger partial charge in [0.1, 0.15) is 0 Å². The largest absolute Gasteiger partial charge is 0.307 e. The average Bonchev–Trinajstić information content (AvgIpc) is 2.07. The quantitative estimate of drug-likeness (QED) is 0.646. The number of hydrogen-bond acceptors (Lipinski definition) is 1. The maximum Gasteiger partial charge on any atom is 0.0186 e. The predicted molar refractivity (Wildman–Crippen MR) is 97.8 cm³/mol. The number of nitrogens with one attached hydrogen (secondary N) is 1. The van der Waals surface area contributed by atoms with Gasteiger partial charge in [0.15, 0.2) is 0 Å². The van der Waals surface area contributed by atoms with Crippen LogP contribution >= 0.6 is 0 Å². The van der Waals surface area contributed by atoms with Gasteiger partial charge in [-0.1, -0.05) is 62.3 Å². The lowest BCUT2D eigenvalue weighted by molar-refractivity contribution is -0.152. The summed E-state index contributed by atoms with van der Waals surface area (Å²) >= 11 is 0. The molecular formula is C20H43N. The van der Waals surface area contributed by atoms with E-state index in [1.807, 2.05) is 0 Å². The smallest absolute Gasteiger partial charge is 0.0186 e. The summed E-state index contributed by atoms with van der Waals surface area (Å²) in [6.07, 6.45) is 0. The van der Waals surface area contributed by atoms with Crippen molar-refractivity contribution in [3.8, 4) is 0 Å². The van der Waals surface area contributed by atoms with Crippen LogP contribution in [-0.4, -0.2) is 11.1 Å². The van der Waals surface area contributed by atoms with Gasteiger partial charge in [0.05, 0.1) is 0 Å². The van der Waals surface area contributed by atoms with Crippen molar-refractivity contribution in [3.63, 3.8) is 0 Å². The molecule has 0 fully saturated rings. The van der Waals surface area contributed by atoms with Crippen molar-refractivity contribution >= 4 is 0 Å². The highest BCUT2D eigenvalue weighted by molar-refractivity contribution is 5.12. The first-order valence-corrected chi connectivity index (χ1v) is 8.50. The molecule has 0 unspecified atom stereocenters. The van der Waals surface area contributed by atoms with Crippen LogP contribution in [0.15, 0.2) is 0 Å². The summed E-state index contributed by atoms with van der Waals surface area (Å²) in [5.41, 5.74) is 0.841. The maximum absolute atomic E-state index is 3.89.